The molecule has 0 aliphatic heterocycles. The van der Waals surface area contributed by atoms with E-state index in [-0.39, 0.29) is 11.6 Å². The van der Waals surface area contributed by atoms with Gasteiger partial charge in [0.15, 0.2) is 5.78 Å². The molecule has 0 fully saturated rings. The molecule has 2 aromatic heterocycles. The van der Waals surface area contributed by atoms with Crippen molar-refractivity contribution in [2.24, 2.45) is 0 Å². The Hall–Kier alpha value is -2.56. The third-order valence-corrected chi connectivity index (χ3v) is 2.71. The van der Waals surface area contributed by atoms with Crippen LogP contribution in [0.2, 0.25) is 0 Å². The molecule has 88 valence electrons. The molecule has 0 spiro atoms. The summed E-state index contributed by atoms with van der Waals surface area (Å²) in [6.07, 6.45) is 4.58. The van der Waals surface area contributed by atoms with E-state index in [9.17, 15) is 9.18 Å². The number of hydrogen-bond donors (Lipinski definition) is 1. The van der Waals surface area contributed by atoms with Gasteiger partial charge in [-0.1, -0.05) is 0 Å². The van der Waals surface area contributed by atoms with Crippen molar-refractivity contribution in [2.45, 2.75) is 0 Å². The van der Waals surface area contributed by atoms with Crippen molar-refractivity contribution >= 4 is 16.8 Å². The Morgan fingerprint density at radius 3 is 2.78 bits per heavy atom. The number of aromatic nitrogens is 3. The van der Waals surface area contributed by atoms with Crippen LogP contribution in [-0.2, 0) is 0 Å². The van der Waals surface area contributed by atoms with Crippen molar-refractivity contribution in [1.29, 1.82) is 0 Å². The Balaban J connectivity index is 2.09. The van der Waals surface area contributed by atoms with Crippen molar-refractivity contribution < 1.29 is 9.18 Å². The minimum atomic E-state index is -0.367. The van der Waals surface area contributed by atoms with E-state index in [1.807, 2.05) is 0 Å². The first-order chi connectivity index (χ1) is 8.75. The van der Waals surface area contributed by atoms with Crippen LogP contribution in [0.15, 0.2) is 43.0 Å². The number of nitrogens with one attached hydrogen (secondary N) is 1. The van der Waals surface area contributed by atoms with Crippen molar-refractivity contribution in [1.82, 2.24) is 15.0 Å². The van der Waals surface area contributed by atoms with E-state index in [0.717, 1.165) is 0 Å². The lowest BCUT2D eigenvalue weighted by molar-refractivity contribution is 0.104. The average molecular weight is 241 g/mol. The number of hydrogen-bond acceptors (Lipinski definition) is 3. The summed E-state index contributed by atoms with van der Waals surface area (Å²) in [6.45, 7) is 0. The monoisotopic (exact) mass is 241 g/mol. The number of nitrogens with zero attached hydrogens (tertiary/aromatic N) is 2. The molecule has 18 heavy (non-hydrogen) atoms. The first kappa shape index (κ1) is 10.6. The molecule has 3 aromatic rings. The zero-order valence-corrected chi connectivity index (χ0v) is 9.22. The Kier molecular flexibility index (Phi) is 2.37. The van der Waals surface area contributed by atoms with Gasteiger partial charge in [-0.3, -0.25) is 4.79 Å². The molecule has 0 radical (unpaired) electrons. The minimum absolute atomic E-state index is 0.184. The first-order valence-corrected chi connectivity index (χ1v) is 5.33. The molecular weight excluding hydrogens is 233 g/mol. The number of rotatable bonds is 2. The molecular formula is C13H8FN3O. The molecule has 0 saturated heterocycles. The summed E-state index contributed by atoms with van der Waals surface area (Å²) in [5.41, 5.74) is 1.52. The van der Waals surface area contributed by atoms with Crippen LogP contribution in [0.5, 0.6) is 0 Å². The zero-order chi connectivity index (χ0) is 12.5. The SMILES string of the molecule is O=C(c1ccc(F)cc1)c1c[nH]c2ncncc12. The molecule has 0 saturated carbocycles. The molecule has 0 bridgehead atoms. The predicted molar refractivity (Wildman–Crippen MR) is 63.7 cm³/mol. The van der Waals surface area contributed by atoms with E-state index >= 15 is 0 Å². The van der Waals surface area contributed by atoms with Gasteiger partial charge in [-0.15, -0.1) is 0 Å². The molecule has 0 atom stereocenters. The van der Waals surface area contributed by atoms with Gasteiger partial charge < -0.3 is 4.98 Å². The number of H-pyrrole nitrogens is 1. The highest BCUT2D eigenvalue weighted by molar-refractivity contribution is 6.15. The van der Waals surface area contributed by atoms with Gasteiger partial charge in [0.1, 0.15) is 17.8 Å². The van der Waals surface area contributed by atoms with Gasteiger partial charge in [0.2, 0.25) is 0 Å². The van der Waals surface area contributed by atoms with E-state index in [1.54, 1.807) is 12.4 Å². The van der Waals surface area contributed by atoms with Gasteiger partial charge in [-0.25, -0.2) is 14.4 Å². The van der Waals surface area contributed by atoms with Gasteiger partial charge in [0.25, 0.3) is 0 Å². The van der Waals surface area contributed by atoms with E-state index in [4.69, 9.17) is 0 Å². The average Bonchev–Trinajstić information content (AvgIpc) is 2.82. The fourth-order valence-corrected chi connectivity index (χ4v) is 1.80. The summed E-state index contributed by atoms with van der Waals surface area (Å²) in [4.78, 5) is 23.0. The minimum Gasteiger partial charge on any atom is -0.345 e. The van der Waals surface area contributed by atoms with Crippen molar-refractivity contribution in [3.8, 4) is 0 Å². The molecule has 0 amide bonds. The highest BCUT2D eigenvalue weighted by atomic mass is 19.1. The van der Waals surface area contributed by atoms with Crippen LogP contribution in [-0.4, -0.2) is 20.7 Å². The number of aromatic amines is 1. The maximum Gasteiger partial charge on any atom is 0.195 e. The van der Waals surface area contributed by atoms with E-state index in [1.165, 1.54) is 30.6 Å². The number of halogens is 1. The molecule has 3 rings (SSSR count). The lowest BCUT2D eigenvalue weighted by Gasteiger charge is -1.99. The first-order valence-electron chi connectivity index (χ1n) is 5.33. The van der Waals surface area contributed by atoms with E-state index in [2.05, 4.69) is 15.0 Å². The van der Waals surface area contributed by atoms with Crippen LogP contribution < -0.4 is 0 Å². The number of carbonyl (C=O) groups excluding carboxylic acids is 1. The molecule has 4 nitrogen and oxygen atoms in total. The quantitative estimate of drug-likeness (QED) is 0.700. The predicted octanol–water partition coefficient (Wildman–Crippen LogP) is 2.33. The Morgan fingerprint density at radius 2 is 2.00 bits per heavy atom. The van der Waals surface area contributed by atoms with Gasteiger partial charge in [-0.05, 0) is 24.3 Å². The molecule has 5 heteroatoms. The number of fused-ring (bicyclic) bond motifs is 1. The second kappa shape index (κ2) is 4.03. The van der Waals surface area contributed by atoms with Gasteiger partial charge in [0.05, 0.1) is 5.56 Å². The van der Waals surface area contributed by atoms with Crippen LogP contribution in [0, 0.1) is 5.82 Å². The molecule has 0 aliphatic carbocycles. The molecule has 0 unspecified atom stereocenters. The molecule has 1 N–H and O–H groups in total. The maximum absolute atomic E-state index is 12.8. The van der Waals surface area contributed by atoms with Crippen LogP contribution in [0.25, 0.3) is 11.0 Å². The lowest BCUT2D eigenvalue weighted by atomic mass is 10.0. The smallest absolute Gasteiger partial charge is 0.195 e. The molecule has 2 heterocycles. The molecule has 1 aromatic carbocycles. The van der Waals surface area contributed by atoms with Crippen LogP contribution >= 0.6 is 0 Å². The highest BCUT2D eigenvalue weighted by Gasteiger charge is 2.14. The van der Waals surface area contributed by atoms with E-state index < -0.39 is 0 Å². The van der Waals surface area contributed by atoms with Gasteiger partial charge in [-0.2, -0.15) is 0 Å². The van der Waals surface area contributed by atoms with Gasteiger partial charge in [0, 0.05) is 23.3 Å². The van der Waals surface area contributed by atoms with Crippen molar-refractivity contribution in [3.63, 3.8) is 0 Å². The zero-order valence-electron chi connectivity index (χ0n) is 9.22. The van der Waals surface area contributed by atoms with Crippen molar-refractivity contribution in [2.75, 3.05) is 0 Å². The number of carbonyl (C=O) groups is 1. The molecule has 0 aliphatic rings. The third kappa shape index (κ3) is 1.66. The van der Waals surface area contributed by atoms with Crippen LogP contribution in [0.1, 0.15) is 15.9 Å². The summed E-state index contributed by atoms with van der Waals surface area (Å²) in [5.74, 6) is -0.551. The normalized spacial score (nSPS) is 10.7. The second-order valence-corrected chi connectivity index (χ2v) is 3.82. The Bertz CT molecular complexity index is 718. The third-order valence-electron chi connectivity index (χ3n) is 2.71. The summed E-state index contributed by atoms with van der Waals surface area (Å²) >= 11 is 0. The summed E-state index contributed by atoms with van der Waals surface area (Å²) < 4.78 is 12.8. The fraction of sp³-hybridized carbons (Fsp3) is 0. The Morgan fingerprint density at radius 1 is 1.22 bits per heavy atom. The number of ketones is 1. The van der Waals surface area contributed by atoms with E-state index in [0.29, 0.717) is 22.2 Å². The second-order valence-electron chi connectivity index (χ2n) is 3.82. The summed E-state index contributed by atoms with van der Waals surface area (Å²) in [7, 11) is 0. The van der Waals surface area contributed by atoms with Crippen LogP contribution in [0.3, 0.4) is 0 Å². The maximum atomic E-state index is 12.8. The standard InChI is InChI=1S/C13H8FN3O/c14-9-3-1-8(2-4-9)12(18)10-6-16-13-11(10)5-15-7-17-13/h1-7H,(H,15,16,17). The van der Waals surface area contributed by atoms with Gasteiger partial charge >= 0.3 is 0 Å². The topological polar surface area (TPSA) is 58.6 Å². The van der Waals surface area contributed by atoms with Crippen LogP contribution in [0.4, 0.5) is 4.39 Å². The lowest BCUT2D eigenvalue weighted by Crippen LogP contribution is -2.00. The number of benzene rings is 1. The highest BCUT2D eigenvalue weighted by Crippen LogP contribution is 2.18. The summed E-state index contributed by atoms with van der Waals surface area (Å²) in [5, 5.41) is 0.659. The largest absolute Gasteiger partial charge is 0.345 e. The van der Waals surface area contributed by atoms with Crippen molar-refractivity contribution in [3.05, 3.63) is 59.9 Å². The summed E-state index contributed by atoms with van der Waals surface area (Å²) in [6, 6.07) is 5.44. The Labute approximate surface area is 102 Å². The fourth-order valence-electron chi connectivity index (χ4n) is 1.80.